The van der Waals surface area contributed by atoms with Gasteiger partial charge in [0.1, 0.15) is 6.61 Å². The molecule has 0 aliphatic heterocycles. The van der Waals surface area contributed by atoms with E-state index in [1.807, 2.05) is 0 Å². The third-order valence-electron chi connectivity index (χ3n) is 5.48. The normalized spacial score (nSPS) is 13.5. The second kappa shape index (κ2) is 23.2. The highest BCUT2D eigenvalue weighted by Gasteiger charge is 2.14. The van der Waals surface area contributed by atoms with Crippen molar-refractivity contribution < 1.29 is 23.7 Å². The van der Waals surface area contributed by atoms with E-state index in [0.29, 0.717) is 39.6 Å². The van der Waals surface area contributed by atoms with Gasteiger partial charge < -0.3 is 18.9 Å². The summed E-state index contributed by atoms with van der Waals surface area (Å²) >= 11 is 0. The standard InChI is InChI=1S/C25H50O5/c1-5-8-9-10-13-23(4)14-11-15-27-16-17-28-18-19-29-20-21-30-22-25(26)24(7-3)12-6-2/h23-24H,5-22H2,1-4H3. The molecule has 0 aliphatic carbocycles. The average molecular weight is 431 g/mol. The number of ether oxygens (including phenoxy) is 4. The number of carbonyl (C=O) groups excluding carboxylic acids is 1. The lowest BCUT2D eigenvalue weighted by Gasteiger charge is -2.12. The summed E-state index contributed by atoms with van der Waals surface area (Å²) in [5.41, 5.74) is 0. The van der Waals surface area contributed by atoms with Crippen LogP contribution in [-0.4, -0.2) is 58.6 Å². The summed E-state index contributed by atoms with van der Waals surface area (Å²) < 4.78 is 22.0. The number of unbranched alkanes of at least 4 members (excludes halogenated alkanes) is 3. The number of hydrogen-bond acceptors (Lipinski definition) is 5. The van der Waals surface area contributed by atoms with Gasteiger partial charge in [-0.1, -0.05) is 66.2 Å². The fraction of sp³-hybridized carbons (Fsp3) is 0.960. The summed E-state index contributed by atoms with van der Waals surface area (Å²) in [5, 5.41) is 0. The fourth-order valence-electron chi connectivity index (χ4n) is 3.49. The van der Waals surface area contributed by atoms with Crippen LogP contribution in [0.25, 0.3) is 0 Å². The summed E-state index contributed by atoms with van der Waals surface area (Å²) in [7, 11) is 0. The maximum atomic E-state index is 12.0. The van der Waals surface area contributed by atoms with E-state index in [1.54, 1.807) is 0 Å². The molecule has 5 nitrogen and oxygen atoms in total. The van der Waals surface area contributed by atoms with Crippen LogP contribution >= 0.6 is 0 Å². The van der Waals surface area contributed by atoms with Crippen molar-refractivity contribution in [3.63, 3.8) is 0 Å². The summed E-state index contributed by atoms with van der Waals surface area (Å²) in [6.45, 7) is 13.1. The van der Waals surface area contributed by atoms with E-state index in [1.165, 1.54) is 38.5 Å². The topological polar surface area (TPSA) is 54.0 Å². The van der Waals surface area contributed by atoms with Gasteiger partial charge in [0.25, 0.3) is 0 Å². The van der Waals surface area contributed by atoms with Gasteiger partial charge in [-0.05, 0) is 31.6 Å². The van der Waals surface area contributed by atoms with Crippen molar-refractivity contribution >= 4 is 5.78 Å². The van der Waals surface area contributed by atoms with Crippen molar-refractivity contribution in [3.8, 4) is 0 Å². The quantitative estimate of drug-likeness (QED) is 0.180. The number of rotatable bonds is 24. The van der Waals surface area contributed by atoms with Crippen LogP contribution in [0.5, 0.6) is 0 Å². The second-order valence-electron chi connectivity index (χ2n) is 8.35. The molecule has 0 bridgehead atoms. The minimum Gasteiger partial charge on any atom is -0.379 e. The van der Waals surface area contributed by atoms with Gasteiger partial charge in [-0.15, -0.1) is 0 Å². The third kappa shape index (κ3) is 19.5. The lowest BCUT2D eigenvalue weighted by atomic mass is 9.96. The second-order valence-corrected chi connectivity index (χ2v) is 8.35. The van der Waals surface area contributed by atoms with Gasteiger partial charge >= 0.3 is 0 Å². The molecule has 5 heteroatoms. The van der Waals surface area contributed by atoms with Crippen molar-refractivity contribution in [1.29, 1.82) is 0 Å². The van der Waals surface area contributed by atoms with Crippen LogP contribution in [0.15, 0.2) is 0 Å². The van der Waals surface area contributed by atoms with Crippen LogP contribution in [0.1, 0.15) is 91.9 Å². The summed E-state index contributed by atoms with van der Waals surface area (Å²) in [4.78, 5) is 12.0. The van der Waals surface area contributed by atoms with Gasteiger partial charge in [-0.25, -0.2) is 0 Å². The van der Waals surface area contributed by atoms with Crippen molar-refractivity contribution in [2.75, 3.05) is 52.9 Å². The molecular weight excluding hydrogens is 380 g/mol. The molecule has 180 valence electrons. The average Bonchev–Trinajstić information content (AvgIpc) is 2.75. The maximum absolute atomic E-state index is 12.0. The summed E-state index contributed by atoms with van der Waals surface area (Å²) in [6.07, 6.45) is 12.1. The molecule has 2 unspecified atom stereocenters. The van der Waals surface area contributed by atoms with Crippen LogP contribution < -0.4 is 0 Å². The monoisotopic (exact) mass is 430 g/mol. The molecular formula is C25H50O5. The molecule has 0 aromatic rings. The Kier molecular flexibility index (Phi) is 22.8. The van der Waals surface area contributed by atoms with Gasteiger partial charge in [0, 0.05) is 12.5 Å². The molecule has 0 N–H and O–H groups in total. The first kappa shape index (κ1) is 29.5. The van der Waals surface area contributed by atoms with E-state index in [9.17, 15) is 4.79 Å². The van der Waals surface area contributed by atoms with Crippen molar-refractivity contribution in [3.05, 3.63) is 0 Å². The Balaban J connectivity index is 3.27. The first-order chi connectivity index (χ1) is 14.7. The number of carbonyl (C=O) groups is 1. The van der Waals surface area contributed by atoms with Crippen LogP contribution in [0.4, 0.5) is 0 Å². The molecule has 0 saturated heterocycles. The maximum Gasteiger partial charge on any atom is 0.161 e. The summed E-state index contributed by atoms with van der Waals surface area (Å²) in [5.74, 6) is 1.17. The van der Waals surface area contributed by atoms with E-state index in [0.717, 1.165) is 38.2 Å². The largest absolute Gasteiger partial charge is 0.379 e. The van der Waals surface area contributed by atoms with E-state index in [2.05, 4.69) is 27.7 Å². The van der Waals surface area contributed by atoms with Crippen LogP contribution in [0.2, 0.25) is 0 Å². The first-order valence-corrected chi connectivity index (χ1v) is 12.5. The fourth-order valence-corrected chi connectivity index (χ4v) is 3.49. The Morgan fingerprint density at radius 3 is 1.77 bits per heavy atom. The van der Waals surface area contributed by atoms with E-state index in [4.69, 9.17) is 18.9 Å². The lowest BCUT2D eigenvalue weighted by molar-refractivity contribution is -0.128. The molecule has 0 aliphatic rings. The van der Waals surface area contributed by atoms with E-state index >= 15 is 0 Å². The molecule has 0 fully saturated rings. The van der Waals surface area contributed by atoms with Crippen molar-refractivity contribution in [1.82, 2.24) is 0 Å². The Hall–Kier alpha value is -0.490. The van der Waals surface area contributed by atoms with Crippen LogP contribution in [0, 0.1) is 11.8 Å². The molecule has 0 radical (unpaired) electrons. The predicted octanol–water partition coefficient (Wildman–Crippen LogP) is 5.83. The van der Waals surface area contributed by atoms with Crippen LogP contribution in [-0.2, 0) is 23.7 Å². The molecule has 0 rings (SSSR count). The van der Waals surface area contributed by atoms with Crippen molar-refractivity contribution in [2.24, 2.45) is 11.8 Å². The minimum absolute atomic E-state index is 0.144. The minimum atomic E-state index is 0.144. The lowest BCUT2D eigenvalue weighted by Crippen LogP contribution is -2.21. The molecule has 0 aromatic carbocycles. The molecule has 0 spiro atoms. The third-order valence-corrected chi connectivity index (χ3v) is 5.48. The smallest absolute Gasteiger partial charge is 0.161 e. The highest BCUT2D eigenvalue weighted by molar-refractivity contribution is 5.82. The SMILES string of the molecule is CCCCCCC(C)CCCOCCOCCOCCOCC(=O)C(CC)CCC. The Labute approximate surface area is 186 Å². The molecule has 0 amide bonds. The highest BCUT2D eigenvalue weighted by Crippen LogP contribution is 2.15. The molecule has 0 aromatic heterocycles. The Morgan fingerprint density at radius 1 is 0.633 bits per heavy atom. The van der Waals surface area contributed by atoms with Gasteiger partial charge in [0.2, 0.25) is 0 Å². The van der Waals surface area contributed by atoms with Crippen LogP contribution in [0.3, 0.4) is 0 Å². The van der Waals surface area contributed by atoms with Gasteiger partial charge in [-0.2, -0.15) is 0 Å². The van der Waals surface area contributed by atoms with Gasteiger partial charge in [-0.3, -0.25) is 4.79 Å². The van der Waals surface area contributed by atoms with Gasteiger partial charge in [0.15, 0.2) is 5.78 Å². The van der Waals surface area contributed by atoms with E-state index in [-0.39, 0.29) is 18.3 Å². The first-order valence-electron chi connectivity index (χ1n) is 12.5. The number of ketones is 1. The highest BCUT2D eigenvalue weighted by atomic mass is 16.6. The predicted molar refractivity (Wildman–Crippen MR) is 124 cm³/mol. The number of Topliss-reactive ketones (excluding diaryl/α,β-unsaturated/α-hetero) is 1. The Morgan fingerprint density at radius 2 is 1.20 bits per heavy atom. The zero-order valence-corrected chi connectivity index (χ0v) is 20.4. The van der Waals surface area contributed by atoms with E-state index < -0.39 is 0 Å². The zero-order chi connectivity index (χ0) is 22.3. The number of hydrogen-bond donors (Lipinski definition) is 0. The molecule has 2 atom stereocenters. The summed E-state index contributed by atoms with van der Waals surface area (Å²) in [6, 6.07) is 0. The molecule has 0 saturated carbocycles. The zero-order valence-electron chi connectivity index (χ0n) is 20.4. The molecule has 0 heterocycles. The van der Waals surface area contributed by atoms with Crippen molar-refractivity contribution in [2.45, 2.75) is 91.9 Å². The Bertz CT molecular complexity index is 361. The van der Waals surface area contributed by atoms with Gasteiger partial charge in [0.05, 0.1) is 39.6 Å². The molecule has 30 heavy (non-hydrogen) atoms.